The molecule has 2 rings (SSSR count). The molecule has 0 saturated heterocycles. The normalized spacial score (nSPS) is 12.8. The van der Waals surface area contributed by atoms with Gasteiger partial charge in [-0.2, -0.15) is 18.6 Å². The number of hydrogen-bond acceptors (Lipinski definition) is 11. The number of azo groups is 1. The molecule has 0 aliphatic rings. The number of nitrogens with one attached hydrogen (secondary N) is 2. The van der Waals surface area contributed by atoms with E-state index in [0.717, 1.165) is 0 Å². The quantitative estimate of drug-likeness (QED) is 0.108. The highest BCUT2D eigenvalue weighted by molar-refractivity contribution is 8.69. The highest BCUT2D eigenvalue weighted by Crippen LogP contribution is 2.29. The highest BCUT2D eigenvalue weighted by Gasteiger charge is 2.24. The van der Waals surface area contributed by atoms with Crippen molar-refractivity contribution in [3.63, 3.8) is 0 Å². The summed E-state index contributed by atoms with van der Waals surface area (Å²) in [7, 11) is -5.14. The summed E-state index contributed by atoms with van der Waals surface area (Å²) in [5.41, 5.74) is 0.471. The van der Waals surface area contributed by atoms with Crippen LogP contribution in [-0.4, -0.2) is 65.6 Å². The van der Waals surface area contributed by atoms with Crippen molar-refractivity contribution in [3.05, 3.63) is 42.5 Å². The summed E-state index contributed by atoms with van der Waals surface area (Å²) >= 11 is 0. The molecule has 0 bridgehead atoms. The van der Waals surface area contributed by atoms with Crippen LogP contribution in [0.2, 0.25) is 0 Å². The van der Waals surface area contributed by atoms with Crippen molar-refractivity contribution >= 4 is 53.0 Å². The van der Waals surface area contributed by atoms with Crippen LogP contribution in [0.4, 0.5) is 11.4 Å². The number of amides is 1. The Balaban J connectivity index is 2.09. The van der Waals surface area contributed by atoms with Crippen LogP contribution in [0.25, 0.3) is 0 Å². The molecule has 0 aliphatic heterocycles. The molecule has 1 unspecified atom stereocenters. The SMILES string of the molecule is COc1ccc(NC(=O)C(N=Nc2ccc(S(=O)(=O)NCCSS(=O)(=O)O)cc2)C(C)=O)c(OC)c1. The second-order valence-corrected chi connectivity index (χ2v) is 12.2. The summed E-state index contributed by atoms with van der Waals surface area (Å²) in [6.07, 6.45) is 0. The minimum Gasteiger partial charge on any atom is -0.497 e. The molecule has 36 heavy (non-hydrogen) atoms. The fraction of sp³-hybridized carbons (Fsp3) is 0.300. The van der Waals surface area contributed by atoms with Crippen molar-refractivity contribution in [2.45, 2.75) is 17.9 Å². The van der Waals surface area contributed by atoms with Crippen molar-refractivity contribution in [2.75, 3.05) is 31.8 Å². The van der Waals surface area contributed by atoms with Crippen molar-refractivity contribution in [1.82, 2.24) is 4.72 Å². The fourth-order valence-corrected chi connectivity index (χ4v) is 5.08. The van der Waals surface area contributed by atoms with Gasteiger partial charge in [0.1, 0.15) is 11.5 Å². The highest BCUT2D eigenvalue weighted by atomic mass is 33.1. The monoisotopic (exact) mass is 560 g/mol. The Morgan fingerprint density at radius 1 is 1.06 bits per heavy atom. The Morgan fingerprint density at radius 2 is 1.72 bits per heavy atom. The predicted octanol–water partition coefficient (Wildman–Crippen LogP) is 2.20. The second kappa shape index (κ2) is 12.8. The van der Waals surface area contributed by atoms with Crippen LogP contribution in [0.1, 0.15) is 6.92 Å². The standard InChI is InChI=1S/C20H24N4O9S3/c1-13(25)19(20(26)22-17-9-6-15(32-2)12-18(17)33-3)24-23-14-4-7-16(8-5-14)35(27,28)21-10-11-34-36(29,30)31/h4-9,12,19,21H,10-11H2,1-3H3,(H,22,26)(H,29,30,31). The van der Waals surface area contributed by atoms with Crippen molar-refractivity contribution in [2.24, 2.45) is 10.2 Å². The van der Waals surface area contributed by atoms with Crippen LogP contribution in [0.3, 0.4) is 0 Å². The zero-order valence-electron chi connectivity index (χ0n) is 19.4. The zero-order chi connectivity index (χ0) is 26.9. The fourth-order valence-electron chi connectivity index (χ4n) is 2.64. The number of benzene rings is 2. The van der Waals surface area contributed by atoms with Gasteiger partial charge in [0.2, 0.25) is 16.1 Å². The number of nitrogens with zero attached hydrogens (tertiary/aromatic N) is 2. The Kier molecular flexibility index (Phi) is 10.4. The molecule has 0 aliphatic carbocycles. The zero-order valence-corrected chi connectivity index (χ0v) is 21.8. The van der Waals surface area contributed by atoms with Gasteiger partial charge in [-0.3, -0.25) is 14.1 Å². The third kappa shape index (κ3) is 8.87. The maximum atomic E-state index is 12.7. The van der Waals surface area contributed by atoms with E-state index in [-0.39, 0.29) is 33.7 Å². The predicted molar refractivity (Wildman–Crippen MR) is 133 cm³/mol. The van der Waals surface area contributed by atoms with Crippen molar-refractivity contribution < 1.29 is 40.5 Å². The minimum absolute atomic E-state index is 0.134. The molecular formula is C20H24N4O9S3. The first-order valence-corrected chi connectivity index (χ1v) is 14.4. The molecule has 16 heteroatoms. The van der Waals surface area contributed by atoms with Gasteiger partial charge in [0.05, 0.1) is 30.5 Å². The van der Waals surface area contributed by atoms with E-state index in [1.54, 1.807) is 18.2 Å². The molecule has 0 spiro atoms. The van der Waals surface area contributed by atoms with E-state index in [9.17, 15) is 26.4 Å². The average Bonchev–Trinajstić information content (AvgIpc) is 2.81. The first kappa shape index (κ1) is 29.2. The number of carbonyl (C=O) groups is 2. The molecule has 3 N–H and O–H groups in total. The van der Waals surface area contributed by atoms with Gasteiger partial charge in [-0.15, -0.1) is 0 Å². The topological polar surface area (TPSA) is 190 Å². The van der Waals surface area contributed by atoms with Gasteiger partial charge < -0.3 is 14.8 Å². The number of methoxy groups -OCH3 is 2. The average molecular weight is 561 g/mol. The molecule has 1 amide bonds. The van der Waals surface area contributed by atoms with E-state index in [1.165, 1.54) is 45.4 Å². The first-order valence-electron chi connectivity index (χ1n) is 10.0. The molecule has 2 aromatic carbocycles. The Hall–Kier alpha value is -3.05. The molecule has 2 aromatic rings. The lowest BCUT2D eigenvalue weighted by Crippen LogP contribution is -2.32. The largest absolute Gasteiger partial charge is 0.497 e. The van der Waals surface area contributed by atoms with Crippen molar-refractivity contribution in [1.29, 1.82) is 0 Å². The molecule has 196 valence electrons. The summed E-state index contributed by atoms with van der Waals surface area (Å²) in [5, 5.41) is 10.2. The number of hydrogen-bond donors (Lipinski definition) is 3. The molecular weight excluding hydrogens is 536 g/mol. The number of sulfonamides is 1. The molecule has 13 nitrogen and oxygen atoms in total. The number of Topliss-reactive ketones (excluding diaryl/α,β-unsaturated/α-hetero) is 1. The molecule has 0 saturated carbocycles. The second-order valence-electron chi connectivity index (χ2n) is 6.93. The van der Waals surface area contributed by atoms with E-state index in [4.69, 9.17) is 14.0 Å². The molecule has 0 radical (unpaired) electrons. The Labute approximate surface area is 211 Å². The van der Waals surface area contributed by atoms with Gasteiger partial charge >= 0.3 is 9.15 Å². The van der Waals surface area contributed by atoms with E-state index in [2.05, 4.69) is 20.3 Å². The van der Waals surface area contributed by atoms with E-state index in [0.29, 0.717) is 17.2 Å². The summed E-state index contributed by atoms with van der Waals surface area (Å²) in [5.74, 6) is -0.702. The third-order valence-electron chi connectivity index (χ3n) is 4.36. The lowest BCUT2D eigenvalue weighted by Gasteiger charge is -2.13. The maximum Gasteiger partial charge on any atom is 0.319 e. The number of anilines is 1. The maximum absolute atomic E-state index is 12.7. The van der Waals surface area contributed by atoms with Gasteiger partial charge in [-0.05, 0) is 54.1 Å². The summed E-state index contributed by atoms with van der Waals surface area (Å²) < 4.78 is 67.0. The number of carbonyl (C=O) groups excluding carboxylic acids is 2. The molecule has 0 aromatic heterocycles. The van der Waals surface area contributed by atoms with Crippen LogP contribution >= 0.6 is 10.8 Å². The van der Waals surface area contributed by atoms with Crippen LogP contribution in [0.15, 0.2) is 57.6 Å². The smallest absolute Gasteiger partial charge is 0.319 e. The molecule has 0 fully saturated rings. The minimum atomic E-state index is -4.27. The van der Waals surface area contributed by atoms with Crippen LogP contribution in [0.5, 0.6) is 11.5 Å². The number of rotatable bonds is 13. The van der Waals surface area contributed by atoms with E-state index < -0.39 is 36.9 Å². The third-order valence-corrected chi connectivity index (χ3v) is 7.90. The van der Waals surface area contributed by atoms with Gasteiger partial charge in [-0.1, -0.05) is 0 Å². The lowest BCUT2D eigenvalue weighted by atomic mass is 10.2. The lowest BCUT2D eigenvalue weighted by molar-refractivity contribution is -0.126. The number of ketones is 1. The van der Waals surface area contributed by atoms with Gasteiger partial charge in [0, 0.05) is 18.4 Å². The Bertz CT molecular complexity index is 1330. The summed E-state index contributed by atoms with van der Waals surface area (Å²) in [6, 6.07) is 8.28. The van der Waals surface area contributed by atoms with Gasteiger partial charge in [-0.25, -0.2) is 13.1 Å². The van der Waals surface area contributed by atoms with Crippen LogP contribution in [0, 0.1) is 0 Å². The van der Waals surface area contributed by atoms with Gasteiger partial charge in [0.25, 0.3) is 5.91 Å². The number of ether oxygens (including phenoxy) is 2. The van der Waals surface area contributed by atoms with Gasteiger partial charge in [0.15, 0.2) is 5.78 Å². The van der Waals surface area contributed by atoms with E-state index >= 15 is 0 Å². The summed E-state index contributed by atoms with van der Waals surface area (Å²) in [4.78, 5) is 24.5. The Morgan fingerprint density at radius 3 is 2.28 bits per heavy atom. The molecule has 0 heterocycles. The summed E-state index contributed by atoms with van der Waals surface area (Å²) in [6.45, 7) is 0.943. The molecule has 1 atom stereocenters. The van der Waals surface area contributed by atoms with Crippen molar-refractivity contribution in [3.8, 4) is 11.5 Å². The first-order chi connectivity index (χ1) is 16.9. The van der Waals surface area contributed by atoms with Crippen LogP contribution in [-0.2, 0) is 28.8 Å². The van der Waals surface area contributed by atoms with E-state index in [1.807, 2.05) is 0 Å². The van der Waals surface area contributed by atoms with Crippen LogP contribution < -0.4 is 19.5 Å².